The zero-order valence-electron chi connectivity index (χ0n) is 23.1. The van der Waals surface area contributed by atoms with E-state index in [9.17, 15) is 23.2 Å². The predicted molar refractivity (Wildman–Crippen MR) is 163 cm³/mol. The summed E-state index contributed by atoms with van der Waals surface area (Å²) in [6.07, 6.45) is -2.05. The van der Waals surface area contributed by atoms with Gasteiger partial charge in [0.05, 0.1) is 41.0 Å². The molecule has 0 unspecified atom stereocenters. The number of carbonyl (C=O) groups is 1. The van der Waals surface area contributed by atoms with Gasteiger partial charge in [0.15, 0.2) is 5.78 Å². The van der Waals surface area contributed by atoms with Crippen LogP contribution in [0.2, 0.25) is 10.0 Å². The molecule has 2 aliphatic rings. The van der Waals surface area contributed by atoms with E-state index >= 15 is 0 Å². The molecule has 6 rings (SSSR count). The number of halogens is 5. The molecular weight excluding hydrogens is 610 g/mol. The second-order valence-corrected chi connectivity index (χ2v) is 11.3. The highest BCUT2D eigenvalue weighted by Gasteiger charge is 2.44. The van der Waals surface area contributed by atoms with Crippen LogP contribution in [0.15, 0.2) is 102 Å². The van der Waals surface area contributed by atoms with Crippen LogP contribution in [0.3, 0.4) is 0 Å². The molecule has 44 heavy (non-hydrogen) atoms. The number of Topliss-reactive ketones (excluding diaryl/α,β-unsaturated/α-hetero) is 1. The van der Waals surface area contributed by atoms with Crippen LogP contribution in [0.1, 0.15) is 41.9 Å². The van der Waals surface area contributed by atoms with Crippen LogP contribution in [0.5, 0.6) is 0 Å². The standard InChI is InChI=1S/C33H24Cl2F3N5O/c34-24-11-6-12-25(35)21(24)17-42-18-22(31(41-42)19-8-2-1-3-9-19)29-20(16-39)32(40)43(27-14-7-15-28(44)30(27)29)26-13-5-4-10-23(26)33(36,37)38/h1-6,8-13,18,29H,7,14-15,17,40H2/t29-/m0/s1. The number of hydrogen-bond donors (Lipinski definition) is 1. The van der Waals surface area contributed by atoms with Gasteiger partial charge in [-0.3, -0.25) is 14.4 Å². The Morgan fingerprint density at radius 3 is 2.34 bits per heavy atom. The Morgan fingerprint density at radius 1 is 0.977 bits per heavy atom. The molecule has 3 aromatic carbocycles. The van der Waals surface area contributed by atoms with Crippen LogP contribution < -0.4 is 10.6 Å². The molecule has 0 saturated carbocycles. The summed E-state index contributed by atoms with van der Waals surface area (Å²) in [7, 11) is 0. The molecule has 0 spiro atoms. The average molecular weight is 634 g/mol. The van der Waals surface area contributed by atoms with Crippen LogP contribution in [0.4, 0.5) is 18.9 Å². The van der Waals surface area contributed by atoms with Crippen LogP contribution in [-0.4, -0.2) is 15.6 Å². The average Bonchev–Trinajstić information content (AvgIpc) is 3.42. The molecule has 1 aromatic heterocycles. The quantitative estimate of drug-likeness (QED) is 0.239. The van der Waals surface area contributed by atoms with E-state index in [2.05, 4.69) is 6.07 Å². The van der Waals surface area contributed by atoms with Crippen LogP contribution in [0.25, 0.3) is 11.3 Å². The Morgan fingerprint density at radius 2 is 1.66 bits per heavy atom. The highest BCUT2D eigenvalue weighted by atomic mass is 35.5. The third-order valence-corrected chi connectivity index (χ3v) is 8.60. The van der Waals surface area contributed by atoms with Crippen molar-refractivity contribution in [1.29, 1.82) is 5.26 Å². The monoisotopic (exact) mass is 633 g/mol. The predicted octanol–water partition coefficient (Wildman–Crippen LogP) is 8.23. The van der Waals surface area contributed by atoms with Gasteiger partial charge in [-0.2, -0.15) is 23.5 Å². The van der Waals surface area contributed by atoms with Gasteiger partial charge < -0.3 is 5.73 Å². The number of ketones is 1. The number of nitrogens with two attached hydrogens (primary N) is 1. The molecule has 2 heterocycles. The molecule has 2 N–H and O–H groups in total. The van der Waals surface area contributed by atoms with E-state index in [0.717, 1.165) is 11.6 Å². The molecule has 11 heteroatoms. The zero-order chi connectivity index (χ0) is 31.2. The Hall–Kier alpha value is -4.52. The van der Waals surface area contributed by atoms with Gasteiger partial charge in [-0.05, 0) is 37.1 Å². The third-order valence-electron chi connectivity index (χ3n) is 7.89. The molecule has 222 valence electrons. The Balaban J connectivity index is 1.59. The van der Waals surface area contributed by atoms with Gasteiger partial charge in [-0.15, -0.1) is 0 Å². The maximum absolute atomic E-state index is 14.2. The fourth-order valence-electron chi connectivity index (χ4n) is 5.98. The lowest BCUT2D eigenvalue weighted by Crippen LogP contribution is -2.39. The Bertz CT molecular complexity index is 1870. The van der Waals surface area contributed by atoms with Crippen LogP contribution >= 0.6 is 23.2 Å². The van der Waals surface area contributed by atoms with E-state index in [1.807, 2.05) is 30.3 Å². The van der Waals surface area contributed by atoms with E-state index in [1.165, 1.54) is 23.1 Å². The SMILES string of the molecule is N#CC1=C(N)N(c2ccccc2C(F)(F)F)C2=C(C(=O)CCC2)[C@@H]1c1cn(Cc2c(Cl)cccc2Cl)nc1-c1ccccc1. The summed E-state index contributed by atoms with van der Waals surface area (Å²) in [5.74, 6) is -1.38. The lowest BCUT2D eigenvalue weighted by atomic mass is 9.75. The number of benzene rings is 3. The number of carbonyl (C=O) groups excluding carboxylic acids is 1. The number of aromatic nitrogens is 2. The van der Waals surface area contributed by atoms with Crippen LogP contribution in [-0.2, 0) is 17.5 Å². The molecular formula is C33H24Cl2F3N5O. The molecule has 1 aliphatic heterocycles. The summed E-state index contributed by atoms with van der Waals surface area (Å²) in [4.78, 5) is 15.0. The number of nitrogens with zero attached hydrogens (tertiary/aromatic N) is 4. The number of rotatable bonds is 5. The van der Waals surface area contributed by atoms with E-state index < -0.39 is 17.7 Å². The van der Waals surface area contributed by atoms with Crippen molar-refractivity contribution < 1.29 is 18.0 Å². The van der Waals surface area contributed by atoms with Gasteiger partial charge in [0.25, 0.3) is 0 Å². The lowest BCUT2D eigenvalue weighted by molar-refractivity contribution is -0.137. The first-order valence-corrected chi connectivity index (χ1v) is 14.5. The summed E-state index contributed by atoms with van der Waals surface area (Å²) < 4.78 is 44.1. The molecule has 0 radical (unpaired) electrons. The van der Waals surface area contributed by atoms with Crippen LogP contribution in [0, 0.1) is 11.3 Å². The maximum Gasteiger partial charge on any atom is 0.418 e. The molecule has 6 nitrogen and oxygen atoms in total. The number of hydrogen-bond acceptors (Lipinski definition) is 5. The van der Waals surface area contributed by atoms with Gasteiger partial charge in [-0.1, -0.05) is 71.7 Å². The summed E-state index contributed by atoms with van der Waals surface area (Å²) in [6.45, 7) is 0.192. The van der Waals surface area contributed by atoms with Gasteiger partial charge in [0, 0.05) is 50.6 Å². The van der Waals surface area contributed by atoms with Crippen molar-refractivity contribution in [3.63, 3.8) is 0 Å². The van der Waals surface area contributed by atoms with Crippen molar-refractivity contribution in [2.75, 3.05) is 4.90 Å². The number of anilines is 1. The Labute approximate surface area is 261 Å². The number of alkyl halides is 3. The molecule has 4 aromatic rings. The van der Waals surface area contributed by atoms with Gasteiger partial charge in [-0.25, -0.2) is 0 Å². The van der Waals surface area contributed by atoms with Crippen molar-refractivity contribution >= 4 is 34.7 Å². The molecule has 1 atom stereocenters. The van der Waals surface area contributed by atoms with E-state index in [-0.39, 0.29) is 41.4 Å². The molecule has 0 saturated heterocycles. The molecule has 0 bridgehead atoms. The van der Waals surface area contributed by atoms with Crippen molar-refractivity contribution in [1.82, 2.24) is 9.78 Å². The topological polar surface area (TPSA) is 87.9 Å². The molecule has 1 aliphatic carbocycles. The van der Waals surface area contributed by atoms with E-state index in [0.29, 0.717) is 45.4 Å². The van der Waals surface area contributed by atoms with Crippen molar-refractivity contribution in [3.05, 3.63) is 128 Å². The first-order valence-electron chi connectivity index (χ1n) is 13.8. The minimum absolute atomic E-state index is 0.0384. The fraction of sp³-hybridized carbons (Fsp3) is 0.182. The highest BCUT2D eigenvalue weighted by Crippen LogP contribution is 2.50. The van der Waals surface area contributed by atoms with Gasteiger partial charge in [0.1, 0.15) is 5.82 Å². The number of para-hydroxylation sites is 1. The zero-order valence-corrected chi connectivity index (χ0v) is 24.6. The van der Waals surface area contributed by atoms with E-state index in [1.54, 1.807) is 29.1 Å². The summed E-state index contributed by atoms with van der Waals surface area (Å²) in [5.41, 5.74) is 8.38. The minimum Gasteiger partial charge on any atom is -0.384 e. The number of allylic oxidation sites excluding steroid dienone is 3. The first kappa shape index (κ1) is 29.5. The summed E-state index contributed by atoms with van der Waals surface area (Å²) in [5, 5.41) is 16.2. The molecule has 0 amide bonds. The largest absolute Gasteiger partial charge is 0.418 e. The van der Waals surface area contributed by atoms with E-state index in [4.69, 9.17) is 34.0 Å². The van der Waals surface area contributed by atoms with Crippen molar-refractivity contribution in [3.8, 4) is 17.3 Å². The van der Waals surface area contributed by atoms with Gasteiger partial charge in [0.2, 0.25) is 0 Å². The smallest absolute Gasteiger partial charge is 0.384 e. The fourth-order valence-corrected chi connectivity index (χ4v) is 6.49. The number of nitriles is 1. The van der Waals surface area contributed by atoms with Gasteiger partial charge >= 0.3 is 6.18 Å². The summed E-state index contributed by atoms with van der Waals surface area (Å²) >= 11 is 12.9. The molecule has 0 fully saturated rings. The minimum atomic E-state index is -4.69. The second kappa shape index (κ2) is 11.5. The normalized spacial score (nSPS) is 17.1. The third kappa shape index (κ3) is 5.14. The lowest BCUT2D eigenvalue weighted by Gasteiger charge is -2.40. The second-order valence-electron chi connectivity index (χ2n) is 10.5. The summed E-state index contributed by atoms with van der Waals surface area (Å²) in [6, 6.07) is 21.6. The Kier molecular flexibility index (Phi) is 7.74. The first-order chi connectivity index (χ1) is 21.1. The van der Waals surface area contributed by atoms with Crippen molar-refractivity contribution in [2.45, 2.75) is 37.9 Å². The van der Waals surface area contributed by atoms with Crippen molar-refractivity contribution in [2.24, 2.45) is 5.73 Å². The highest BCUT2D eigenvalue weighted by molar-refractivity contribution is 6.36. The maximum atomic E-state index is 14.2.